The van der Waals surface area contributed by atoms with Crippen molar-refractivity contribution >= 4 is 29.6 Å². The van der Waals surface area contributed by atoms with Crippen LogP contribution in [-0.4, -0.2) is 23.7 Å². The molecule has 1 atom stereocenters. The number of halogens is 4. The number of benzene rings is 1. The Balaban J connectivity index is 2.18. The number of hydrogen-bond donors (Lipinski definition) is 3. The number of rotatable bonds is 4. The first-order chi connectivity index (χ1) is 11.7. The summed E-state index contributed by atoms with van der Waals surface area (Å²) in [7, 11) is 0. The van der Waals surface area contributed by atoms with Crippen LogP contribution in [0.25, 0.3) is 0 Å². The maximum atomic E-state index is 12.9. The Morgan fingerprint density at radius 1 is 1.36 bits per heavy atom. The second-order valence-corrected chi connectivity index (χ2v) is 5.56. The van der Waals surface area contributed by atoms with E-state index in [1.54, 1.807) is 0 Å². The van der Waals surface area contributed by atoms with Crippen molar-refractivity contribution in [3.63, 3.8) is 0 Å². The molecule has 1 aromatic rings. The van der Waals surface area contributed by atoms with E-state index in [1.807, 2.05) is 0 Å². The molecule has 2 rings (SSSR count). The van der Waals surface area contributed by atoms with Crippen molar-refractivity contribution in [2.24, 2.45) is 4.99 Å². The quantitative estimate of drug-likeness (QED) is 0.753. The molecule has 134 valence electrons. The first-order valence-corrected chi connectivity index (χ1v) is 7.42. The molecule has 0 fully saturated rings. The Kier molecular flexibility index (Phi) is 5.36. The molecule has 0 aliphatic carbocycles. The average Bonchev–Trinajstić information content (AvgIpc) is 2.52. The molecule has 0 radical (unpaired) electrons. The van der Waals surface area contributed by atoms with E-state index in [4.69, 9.17) is 11.6 Å². The predicted molar refractivity (Wildman–Crippen MR) is 85.6 cm³/mol. The van der Waals surface area contributed by atoms with Crippen LogP contribution in [-0.2, 0) is 22.3 Å². The van der Waals surface area contributed by atoms with Gasteiger partial charge in [-0.15, -0.1) is 0 Å². The van der Waals surface area contributed by atoms with Crippen molar-refractivity contribution in [2.75, 3.05) is 0 Å². The Hall–Kier alpha value is -2.55. The van der Waals surface area contributed by atoms with Crippen molar-refractivity contribution in [1.82, 2.24) is 16.0 Å². The van der Waals surface area contributed by atoms with Gasteiger partial charge in [0, 0.05) is 25.9 Å². The molecule has 25 heavy (non-hydrogen) atoms. The van der Waals surface area contributed by atoms with E-state index in [-0.39, 0.29) is 12.1 Å². The van der Waals surface area contributed by atoms with Crippen molar-refractivity contribution in [1.29, 1.82) is 0 Å². The van der Waals surface area contributed by atoms with Gasteiger partial charge in [-0.05, 0) is 11.6 Å². The lowest BCUT2D eigenvalue weighted by atomic mass is 10.1. The highest BCUT2D eigenvalue weighted by Crippen LogP contribution is 2.36. The minimum atomic E-state index is -4.60. The summed E-state index contributed by atoms with van der Waals surface area (Å²) in [5.74, 6) is -1.20. The summed E-state index contributed by atoms with van der Waals surface area (Å²) in [6.07, 6.45) is -0.696. The van der Waals surface area contributed by atoms with E-state index in [0.717, 1.165) is 6.07 Å². The van der Waals surface area contributed by atoms with Crippen molar-refractivity contribution in [2.45, 2.75) is 25.3 Å². The van der Waals surface area contributed by atoms with E-state index < -0.39 is 34.2 Å². The topological polar surface area (TPSA) is 82.6 Å². The van der Waals surface area contributed by atoms with Crippen LogP contribution in [0.3, 0.4) is 0 Å². The molecule has 0 saturated carbocycles. The Morgan fingerprint density at radius 3 is 2.64 bits per heavy atom. The van der Waals surface area contributed by atoms with Gasteiger partial charge >= 0.3 is 6.18 Å². The second-order valence-electron chi connectivity index (χ2n) is 5.19. The summed E-state index contributed by atoms with van der Waals surface area (Å²) in [6.45, 7) is 0.953. The lowest BCUT2D eigenvalue weighted by molar-refractivity contribution is -0.137. The highest BCUT2D eigenvalue weighted by molar-refractivity contribution is 6.32. The number of nitrogens with zero attached hydrogens (tertiary/aromatic N) is 1. The van der Waals surface area contributed by atoms with Crippen LogP contribution >= 0.6 is 11.6 Å². The molecule has 1 aliphatic rings. The maximum absolute atomic E-state index is 12.9. The molecule has 0 bridgehead atoms. The molecule has 10 heteroatoms. The monoisotopic (exact) mass is 374 g/mol. The zero-order valence-corrected chi connectivity index (χ0v) is 13.7. The van der Waals surface area contributed by atoms with E-state index in [9.17, 15) is 22.8 Å². The lowest BCUT2D eigenvalue weighted by Crippen LogP contribution is -2.67. The number of carbonyl (C=O) groups is 2. The molecule has 0 aromatic heterocycles. The highest BCUT2D eigenvalue weighted by atomic mass is 35.5. The summed E-state index contributed by atoms with van der Waals surface area (Å²) in [4.78, 5) is 27.6. The molecule has 0 spiro atoms. The van der Waals surface area contributed by atoms with Gasteiger partial charge in [0.1, 0.15) is 0 Å². The van der Waals surface area contributed by atoms with Crippen LogP contribution in [0.15, 0.2) is 35.6 Å². The van der Waals surface area contributed by atoms with Crippen LogP contribution in [0.5, 0.6) is 0 Å². The smallest absolute Gasteiger partial charge is 0.355 e. The van der Waals surface area contributed by atoms with Crippen LogP contribution in [0.2, 0.25) is 5.02 Å². The number of amides is 2. The lowest BCUT2D eigenvalue weighted by Gasteiger charge is -2.31. The largest absolute Gasteiger partial charge is 0.417 e. The fraction of sp³-hybridized carbons (Fsp3) is 0.267. The van der Waals surface area contributed by atoms with Gasteiger partial charge in [0.2, 0.25) is 11.6 Å². The summed E-state index contributed by atoms with van der Waals surface area (Å²) in [6, 6.07) is 3.42. The van der Waals surface area contributed by atoms with E-state index >= 15 is 0 Å². The third-order valence-corrected chi connectivity index (χ3v) is 3.74. The minimum Gasteiger partial charge on any atom is -0.355 e. The summed E-state index contributed by atoms with van der Waals surface area (Å²) in [5.41, 5.74) is -2.53. The molecule has 2 amide bonds. The molecule has 0 saturated heterocycles. The van der Waals surface area contributed by atoms with Crippen LogP contribution < -0.4 is 16.0 Å². The van der Waals surface area contributed by atoms with Crippen LogP contribution in [0, 0.1) is 0 Å². The highest BCUT2D eigenvalue weighted by Gasteiger charge is 2.38. The number of carbonyl (C=O) groups excluding carboxylic acids is 2. The van der Waals surface area contributed by atoms with Gasteiger partial charge in [0.25, 0.3) is 5.91 Å². The van der Waals surface area contributed by atoms with Gasteiger partial charge in [-0.3, -0.25) is 14.6 Å². The van der Waals surface area contributed by atoms with Gasteiger partial charge in [-0.25, -0.2) is 0 Å². The van der Waals surface area contributed by atoms with Crippen molar-refractivity contribution in [3.05, 3.63) is 46.7 Å². The molecular formula is C15H14ClF3N4O2. The number of aliphatic imine (C=N–C) groups is 1. The average molecular weight is 375 g/mol. The van der Waals surface area contributed by atoms with Crippen LogP contribution in [0.4, 0.5) is 13.2 Å². The standard InChI is InChI=1S/C15H14ClF3N4O2/c1-9(24)23-14(8-20-5-6-22-14)13(25)21-7-10-3-2-4-11(12(10)16)15(17,18)19/h2-6,8,22H,7H2,1H3,(H,21,25)(H,23,24). The molecule has 1 unspecified atom stereocenters. The third kappa shape index (κ3) is 4.30. The SMILES string of the molecule is CC(=O)NC1(C(=O)NCc2cccc(C(F)(F)F)c2Cl)C=NC=CN1. The van der Waals surface area contributed by atoms with E-state index in [0.29, 0.717) is 0 Å². The van der Waals surface area contributed by atoms with Crippen molar-refractivity contribution in [3.8, 4) is 0 Å². The number of hydrogen-bond acceptors (Lipinski definition) is 4. The van der Waals surface area contributed by atoms with Gasteiger partial charge in [0.05, 0.1) is 16.8 Å². The zero-order valence-electron chi connectivity index (χ0n) is 12.9. The fourth-order valence-corrected chi connectivity index (χ4v) is 2.48. The van der Waals surface area contributed by atoms with E-state index in [1.165, 1.54) is 37.7 Å². The van der Waals surface area contributed by atoms with E-state index in [2.05, 4.69) is 20.9 Å². The van der Waals surface area contributed by atoms with Gasteiger partial charge in [-0.1, -0.05) is 23.7 Å². The fourth-order valence-electron chi connectivity index (χ4n) is 2.18. The Morgan fingerprint density at radius 2 is 2.08 bits per heavy atom. The molecule has 1 aromatic carbocycles. The predicted octanol–water partition coefficient (Wildman–Crippen LogP) is 1.95. The molecule has 3 N–H and O–H groups in total. The minimum absolute atomic E-state index is 0.0890. The van der Waals surface area contributed by atoms with Gasteiger partial charge in [-0.2, -0.15) is 13.2 Å². The Bertz CT molecular complexity index is 749. The Labute approximate surface area is 146 Å². The summed E-state index contributed by atoms with van der Waals surface area (Å²) < 4.78 is 38.6. The van der Waals surface area contributed by atoms with Gasteiger partial charge in [0.15, 0.2) is 0 Å². The normalized spacial score (nSPS) is 19.2. The number of nitrogens with one attached hydrogen (secondary N) is 3. The third-order valence-electron chi connectivity index (χ3n) is 3.29. The first-order valence-electron chi connectivity index (χ1n) is 7.04. The summed E-state index contributed by atoms with van der Waals surface area (Å²) in [5, 5.41) is 7.02. The molecule has 6 nitrogen and oxygen atoms in total. The van der Waals surface area contributed by atoms with Crippen LogP contribution in [0.1, 0.15) is 18.1 Å². The van der Waals surface area contributed by atoms with Crippen molar-refractivity contribution < 1.29 is 22.8 Å². The second kappa shape index (κ2) is 7.14. The van der Waals surface area contributed by atoms with Gasteiger partial charge < -0.3 is 16.0 Å². The maximum Gasteiger partial charge on any atom is 0.417 e. The zero-order chi connectivity index (χ0) is 18.7. The molecule has 1 heterocycles. The molecule has 1 aliphatic heterocycles. The molecular weight excluding hydrogens is 361 g/mol. The first kappa shape index (κ1) is 18.8. The number of alkyl halides is 3. The summed E-state index contributed by atoms with van der Waals surface area (Å²) >= 11 is 5.79.